The van der Waals surface area contributed by atoms with E-state index in [4.69, 9.17) is 4.52 Å². The van der Waals surface area contributed by atoms with Gasteiger partial charge in [0.05, 0.1) is 0 Å². The lowest BCUT2D eigenvalue weighted by molar-refractivity contribution is 0.381. The van der Waals surface area contributed by atoms with Crippen molar-refractivity contribution in [3.63, 3.8) is 0 Å². The van der Waals surface area contributed by atoms with Crippen LogP contribution in [0.3, 0.4) is 0 Å². The van der Waals surface area contributed by atoms with E-state index in [1.54, 1.807) is 18.2 Å². The van der Waals surface area contributed by atoms with Crippen molar-refractivity contribution >= 4 is 5.69 Å². The van der Waals surface area contributed by atoms with Crippen LogP contribution in [0.25, 0.3) is 11.3 Å². The Balaban J connectivity index is 2.13. The molecule has 0 atom stereocenters. The van der Waals surface area contributed by atoms with Gasteiger partial charge in [0.15, 0.2) is 5.76 Å². The molecule has 0 radical (unpaired) electrons. The molecule has 1 N–H and O–H groups in total. The third-order valence-corrected chi connectivity index (χ3v) is 2.77. The normalized spacial score (nSPS) is 14.3. The van der Waals surface area contributed by atoms with Crippen molar-refractivity contribution in [3.8, 4) is 11.3 Å². The number of hydrogen-bond donors (Lipinski definition) is 1. The van der Waals surface area contributed by atoms with E-state index in [1.807, 2.05) is 0 Å². The number of rotatable bonds is 1. The van der Waals surface area contributed by atoms with Crippen molar-refractivity contribution in [1.82, 2.24) is 5.16 Å². The molecule has 1 aliphatic rings. The van der Waals surface area contributed by atoms with Crippen LogP contribution < -0.4 is 5.32 Å². The molecular formula is C12H11FN2O. The Kier molecular flexibility index (Phi) is 2.13. The molecule has 0 unspecified atom stereocenters. The van der Waals surface area contributed by atoms with Crippen molar-refractivity contribution in [2.45, 2.75) is 12.8 Å². The van der Waals surface area contributed by atoms with Crippen LogP contribution in [-0.4, -0.2) is 11.7 Å². The van der Waals surface area contributed by atoms with Gasteiger partial charge in [-0.25, -0.2) is 4.39 Å². The summed E-state index contributed by atoms with van der Waals surface area (Å²) in [5, 5.41) is 7.17. The van der Waals surface area contributed by atoms with Crippen LogP contribution in [0, 0.1) is 5.82 Å². The summed E-state index contributed by atoms with van der Waals surface area (Å²) < 4.78 is 18.8. The van der Waals surface area contributed by atoms with Crippen LogP contribution in [0.2, 0.25) is 0 Å². The zero-order valence-corrected chi connectivity index (χ0v) is 8.66. The van der Waals surface area contributed by atoms with E-state index in [0.717, 1.165) is 30.8 Å². The number of aryl methyl sites for hydroxylation is 1. The lowest BCUT2D eigenvalue weighted by atomic mass is 10.1. The monoisotopic (exact) mass is 218 g/mol. The zero-order valence-electron chi connectivity index (χ0n) is 8.66. The van der Waals surface area contributed by atoms with Gasteiger partial charge in [0.2, 0.25) is 0 Å². The molecule has 16 heavy (non-hydrogen) atoms. The van der Waals surface area contributed by atoms with Gasteiger partial charge in [-0.15, -0.1) is 0 Å². The van der Waals surface area contributed by atoms with Crippen molar-refractivity contribution in [1.29, 1.82) is 0 Å². The number of benzene rings is 1. The minimum atomic E-state index is -0.272. The Labute approximate surface area is 92.3 Å². The van der Waals surface area contributed by atoms with Crippen LogP contribution in [-0.2, 0) is 6.42 Å². The van der Waals surface area contributed by atoms with Crippen molar-refractivity contribution in [3.05, 3.63) is 35.8 Å². The molecule has 1 aromatic heterocycles. The van der Waals surface area contributed by atoms with Crippen molar-refractivity contribution in [2.75, 3.05) is 11.9 Å². The van der Waals surface area contributed by atoms with Crippen LogP contribution in [0.5, 0.6) is 0 Å². The summed E-state index contributed by atoms with van der Waals surface area (Å²) >= 11 is 0. The molecule has 2 aromatic rings. The van der Waals surface area contributed by atoms with E-state index in [9.17, 15) is 4.39 Å². The molecule has 1 aliphatic heterocycles. The molecule has 0 saturated heterocycles. The van der Waals surface area contributed by atoms with E-state index in [1.165, 1.54) is 6.07 Å². The van der Waals surface area contributed by atoms with Crippen LogP contribution in [0.15, 0.2) is 28.8 Å². The number of nitrogens with one attached hydrogen (secondary N) is 1. The first-order valence-electron chi connectivity index (χ1n) is 5.33. The van der Waals surface area contributed by atoms with Crippen molar-refractivity contribution < 1.29 is 8.91 Å². The molecule has 3 rings (SSSR count). The Morgan fingerprint density at radius 3 is 3.06 bits per heavy atom. The zero-order chi connectivity index (χ0) is 11.0. The van der Waals surface area contributed by atoms with Gasteiger partial charge in [-0.2, -0.15) is 0 Å². The standard InChI is InChI=1S/C12H11FN2O/c13-9-5-2-1-4-8(9)11-12-10(16-15-11)6-3-7-14-12/h1-2,4-5,14H,3,6-7H2. The summed E-state index contributed by atoms with van der Waals surface area (Å²) in [4.78, 5) is 0. The average Bonchev–Trinajstić information content (AvgIpc) is 2.74. The van der Waals surface area contributed by atoms with Crippen LogP contribution >= 0.6 is 0 Å². The highest BCUT2D eigenvalue weighted by atomic mass is 19.1. The topological polar surface area (TPSA) is 38.1 Å². The Bertz CT molecular complexity index is 521. The highest BCUT2D eigenvalue weighted by Crippen LogP contribution is 2.34. The second kappa shape index (κ2) is 3.63. The molecule has 0 spiro atoms. The third kappa shape index (κ3) is 1.38. The second-order valence-corrected chi connectivity index (χ2v) is 3.84. The third-order valence-electron chi connectivity index (χ3n) is 2.77. The first-order chi connectivity index (χ1) is 7.86. The predicted octanol–water partition coefficient (Wildman–Crippen LogP) is 2.84. The van der Waals surface area contributed by atoms with Gasteiger partial charge in [0.1, 0.15) is 17.2 Å². The molecule has 1 aromatic carbocycles. The first kappa shape index (κ1) is 9.39. The minimum absolute atomic E-state index is 0.272. The van der Waals surface area contributed by atoms with Gasteiger partial charge in [0, 0.05) is 18.5 Å². The highest BCUT2D eigenvalue weighted by molar-refractivity contribution is 5.76. The fourth-order valence-electron chi connectivity index (χ4n) is 1.98. The molecular weight excluding hydrogens is 207 g/mol. The maximum Gasteiger partial charge on any atom is 0.160 e. The number of halogens is 1. The second-order valence-electron chi connectivity index (χ2n) is 3.84. The SMILES string of the molecule is Fc1ccccc1-c1noc2c1NCCC2. The van der Waals surface area contributed by atoms with E-state index in [2.05, 4.69) is 10.5 Å². The van der Waals surface area contributed by atoms with Crippen LogP contribution in [0.1, 0.15) is 12.2 Å². The fourth-order valence-corrected chi connectivity index (χ4v) is 1.98. The summed E-state index contributed by atoms with van der Waals surface area (Å²) in [5.74, 6) is 0.551. The molecule has 0 saturated carbocycles. The largest absolute Gasteiger partial charge is 0.380 e. The summed E-state index contributed by atoms with van der Waals surface area (Å²) in [5.41, 5.74) is 1.91. The van der Waals surface area contributed by atoms with Gasteiger partial charge in [-0.3, -0.25) is 0 Å². The smallest absolute Gasteiger partial charge is 0.160 e. The number of nitrogens with zero attached hydrogens (tertiary/aromatic N) is 1. The number of hydrogen-bond acceptors (Lipinski definition) is 3. The van der Waals surface area contributed by atoms with Gasteiger partial charge in [-0.05, 0) is 18.6 Å². The van der Waals surface area contributed by atoms with Crippen LogP contribution in [0.4, 0.5) is 10.1 Å². The molecule has 0 amide bonds. The number of fused-ring (bicyclic) bond motifs is 1. The molecule has 82 valence electrons. The molecule has 3 nitrogen and oxygen atoms in total. The predicted molar refractivity (Wildman–Crippen MR) is 58.7 cm³/mol. The maximum atomic E-state index is 13.6. The minimum Gasteiger partial charge on any atom is -0.380 e. The maximum absolute atomic E-state index is 13.6. The van der Waals surface area contributed by atoms with Gasteiger partial charge < -0.3 is 9.84 Å². The summed E-state index contributed by atoms with van der Waals surface area (Å²) in [6, 6.07) is 6.60. The highest BCUT2D eigenvalue weighted by Gasteiger charge is 2.21. The van der Waals surface area contributed by atoms with E-state index in [0.29, 0.717) is 11.3 Å². The quantitative estimate of drug-likeness (QED) is 0.799. The summed E-state index contributed by atoms with van der Waals surface area (Å²) in [6.45, 7) is 0.885. The number of aromatic nitrogens is 1. The van der Waals surface area contributed by atoms with Gasteiger partial charge in [-0.1, -0.05) is 17.3 Å². The average molecular weight is 218 g/mol. The van der Waals surface area contributed by atoms with E-state index >= 15 is 0 Å². The number of anilines is 1. The lowest BCUT2D eigenvalue weighted by Gasteiger charge is -2.12. The van der Waals surface area contributed by atoms with E-state index in [-0.39, 0.29) is 5.82 Å². The molecule has 0 fully saturated rings. The summed E-state index contributed by atoms with van der Waals surface area (Å²) in [6.07, 6.45) is 1.89. The molecule has 2 heterocycles. The molecule has 4 heteroatoms. The van der Waals surface area contributed by atoms with Crippen molar-refractivity contribution in [2.24, 2.45) is 0 Å². The first-order valence-corrected chi connectivity index (χ1v) is 5.33. The van der Waals surface area contributed by atoms with Gasteiger partial charge in [0.25, 0.3) is 0 Å². The molecule has 0 aliphatic carbocycles. The van der Waals surface area contributed by atoms with E-state index < -0.39 is 0 Å². The fraction of sp³-hybridized carbons (Fsp3) is 0.250. The Hall–Kier alpha value is -1.84. The summed E-state index contributed by atoms with van der Waals surface area (Å²) in [7, 11) is 0. The lowest BCUT2D eigenvalue weighted by Crippen LogP contribution is -2.10. The Morgan fingerprint density at radius 2 is 2.19 bits per heavy atom. The van der Waals surface area contributed by atoms with Gasteiger partial charge >= 0.3 is 0 Å². The Morgan fingerprint density at radius 1 is 1.31 bits per heavy atom. The molecule has 0 bridgehead atoms.